The van der Waals surface area contributed by atoms with Gasteiger partial charge in [0.1, 0.15) is 5.56 Å². The van der Waals surface area contributed by atoms with Crippen LogP contribution in [0.1, 0.15) is 40.2 Å². The Hall–Kier alpha value is -3.61. The van der Waals surface area contributed by atoms with Gasteiger partial charge in [-0.1, -0.05) is 6.07 Å². The van der Waals surface area contributed by atoms with E-state index in [1.54, 1.807) is 24.4 Å². The molecule has 142 valence electrons. The number of anilines is 1. The molecule has 7 heteroatoms. The minimum atomic E-state index is -1.24. The molecule has 0 radical (unpaired) electrons. The second kappa shape index (κ2) is 6.53. The Labute approximate surface area is 160 Å². The summed E-state index contributed by atoms with van der Waals surface area (Å²) in [6.45, 7) is 0. The van der Waals surface area contributed by atoms with Crippen molar-refractivity contribution in [2.75, 3.05) is 12.8 Å². The van der Waals surface area contributed by atoms with Crippen LogP contribution in [0, 0.1) is 5.41 Å². The van der Waals surface area contributed by atoms with E-state index in [0.717, 1.165) is 29.5 Å². The molecule has 0 atom stereocenters. The van der Waals surface area contributed by atoms with E-state index in [1.165, 1.54) is 23.8 Å². The molecule has 3 aromatic rings. The van der Waals surface area contributed by atoms with Crippen molar-refractivity contribution in [1.82, 2.24) is 4.40 Å². The molecule has 2 heterocycles. The third-order valence-corrected chi connectivity index (χ3v) is 5.12. The molecular weight excluding hydrogens is 358 g/mol. The number of rotatable bonds is 5. The number of benzene rings is 1. The van der Waals surface area contributed by atoms with Crippen LogP contribution in [0.15, 0.2) is 41.3 Å². The van der Waals surface area contributed by atoms with Crippen LogP contribution in [0.3, 0.4) is 0 Å². The molecule has 2 aromatic heterocycles. The fourth-order valence-corrected chi connectivity index (χ4v) is 3.55. The first kappa shape index (κ1) is 17.8. The number of ether oxygens (including phenoxy) is 1. The van der Waals surface area contributed by atoms with Gasteiger partial charge in [0.2, 0.25) is 0 Å². The third kappa shape index (κ3) is 2.72. The lowest BCUT2D eigenvalue weighted by molar-refractivity contribution is 0.0694. The van der Waals surface area contributed by atoms with Crippen molar-refractivity contribution in [3.05, 3.63) is 63.6 Å². The van der Waals surface area contributed by atoms with Crippen LogP contribution in [-0.4, -0.2) is 28.8 Å². The van der Waals surface area contributed by atoms with Crippen LogP contribution in [0.5, 0.6) is 5.75 Å². The molecule has 0 amide bonds. The number of nitrogens with zero attached hydrogens (tertiary/aromatic N) is 1. The molecule has 0 bridgehead atoms. The number of aromatic nitrogens is 1. The molecule has 1 saturated carbocycles. The number of fused-ring (bicyclic) bond motifs is 1. The van der Waals surface area contributed by atoms with Gasteiger partial charge in [0.25, 0.3) is 5.56 Å². The number of nitrogen functional groups attached to an aromatic ring is 1. The molecule has 0 saturated heterocycles. The minimum Gasteiger partial charge on any atom is -0.494 e. The molecular formula is C21H19N3O4. The third-order valence-electron chi connectivity index (χ3n) is 5.12. The van der Waals surface area contributed by atoms with Gasteiger partial charge in [0.05, 0.1) is 12.6 Å². The molecule has 0 unspecified atom stereocenters. The molecule has 0 spiro atoms. The van der Waals surface area contributed by atoms with Gasteiger partial charge in [-0.25, -0.2) is 4.79 Å². The predicted octanol–water partition coefficient (Wildman–Crippen LogP) is 3.13. The van der Waals surface area contributed by atoms with E-state index in [2.05, 4.69) is 0 Å². The second-order valence-corrected chi connectivity index (χ2v) is 6.87. The number of carboxylic acids is 1. The fourth-order valence-electron chi connectivity index (χ4n) is 3.55. The van der Waals surface area contributed by atoms with Gasteiger partial charge in [0, 0.05) is 29.2 Å². The largest absolute Gasteiger partial charge is 0.494 e. The first-order chi connectivity index (χ1) is 13.5. The molecule has 0 aliphatic heterocycles. The fraction of sp³-hybridized carbons (Fsp3) is 0.190. The number of carbonyl (C=O) groups is 1. The number of aromatic carboxylic acids is 1. The molecule has 1 aliphatic carbocycles. The van der Waals surface area contributed by atoms with Crippen molar-refractivity contribution in [3.8, 4) is 16.9 Å². The Bertz CT molecular complexity index is 1190. The van der Waals surface area contributed by atoms with Gasteiger partial charge in [-0.05, 0) is 54.2 Å². The average Bonchev–Trinajstić information content (AvgIpc) is 3.52. The summed E-state index contributed by atoms with van der Waals surface area (Å²) in [5.74, 6) is -0.529. The van der Waals surface area contributed by atoms with E-state index in [0.29, 0.717) is 22.5 Å². The van der Waals surface area contributed by atoms with Crippen LogP contribution >= 0.6 is 0 Å². The Morgan fingerprint density at radius 2 is 2.07 bits per heavy atom. The molecule has 4 rings (SSSR count). The normalized spacial score (nSPS) is 13.5. The average molecular weight is 377 g/mol. The zero-order valence-electron chi connectivity index (χ0n) is 15.2. The van der Waals surface area contributed by atoms with Gasteiger partial charge in [-0.2, -0.15) is 0 Å². The van der Waals surface area contributed by atoms with Gasteiger partial charge in [-0.3, -0.25) is 9.20 Å². The summed E-state index contributed by atoms with van der Waals surface area (Å²) < 4.78 is 7.05. The van der Waals surface area contributed by atoms with Crippen LogP contribution in [0.4, 0.5) is 5.69 Å². The Balaban J connectivity index is 2.07. The minimum absolute atomic E-state index is 0.210. The van der Waals surface area contributed by atoms with Crippen LogP contribution in [0.25, 0.3) is 16.6 Å². The Kier molecular flexibility index (Phi) is 4.15. The number of carboxylic acid groups (broad SMARTS) is 1. The van der Waals surface area contributed by atoms with E-state index < -0.39 is 11.5 Å². The van der Waals surface area contributed by atoms with Crippen molar-refractivity contribution in [2.24, 2.45) is 0 Å². The van der Waals surface area contributed by atoms with E-state index in [1.807, 2.05) is 6.07 Å². The van der Waals surface area contributed by atoms with E-state index in [-0.39, 0.29) is 11.5 Å². The molecule has 1 fully saturated rings. The molecule has 4 N–H and O–H groups in total. The maximum atomic E-state index is 12.7. The zero-order valence-corrected chi connectivity index (χ0v) is 15.2. The summed E-state index contributed by atoms with van der Waals surface area (Å²) >= 11 is 0. The number of nitrogens with two attached hydrogens (primary N) is 1. The first-order valence-electron chi connectivity index (χ1n) is 8.86. The summed E-state index contributed by atoms with van der Waals surface area (Å²) in [6, 6.07) is 8.54. The molecule has 1 aliphatic rings. The summed E-state index contributed by atoms with van der Waals surface area (Å²) in [7, 11) is 1.53. The van der Waals surface area contributed by atoms with Gasteiger partial charge in [0.15, 0.2) is 5.75 Å². The summed E-state index contributed by atoms with van der Waals surface area (Å²) in [5, 5.41) is 16.9. The summed E-state index contributed by atoms with van der Waals surface area (Å²) in [4.78, 5) is 24.2. The lowest BCUT2D eigenvalue weighted by Crippen LogP contribution is -2.23. The Morgan fingerprint density at radius 3 is 2.68 bits per heavy atom. The van der Waals surface area contributed by atoms with Gasteiger partial charge >= 0.3 is 5.97 Å². The molecule has 1 aromatic carbocycles. The predicted molar refractivity (Wildman–Crippen MR) is 107 cm³/mol. The van der Waals surface area contributed by atoms with E-state index in [4.69, 9.17) is 15.9 Å². The quantitative estimate of drug-likeness (QED) is 0.466. The van der Waals surface area contributed by atoms with Crippen molar-refractivity contribution >= 4 is 23.4 Å². The van der Waals surface area contributed by atoms with Crippen molar-refractivity contribution in [1.29, 1.82) is 5.41 Å². The second-order valence-electron chi connectivity index (χ2n) is 6.87. The van der Waals surface area contributed by atoms with Crippen LogP contribution in [-0.2, 0) is 0 Å². The van der Waals surface area contributed by atoms with E-state index >= 15 is 0 Å². The lowest BCUT2D eigenvalue weighted by atomic mass is 9.99. The maximum absolute atomic E-state index is 12.7. The number of pyridine rings is 2. The van der Waals surface area contributed by atoms with Gasteiger partial charge < -0.3 is 21.0 Å². The number of hydrogen-bond donors (Lipinski definition) is 3. The van der Waals surface area contributed by atoms with E-state index in [9.17, 15) is 14.7 Å². The standard InChI is InChI=1S/C21H19N3O4/c1-28-19-14(12-4-5-17(23)13(8-12)10-22)6-7-24-18(19)15(11-2-3-11)9-16(20(24)25)21(26)27/h4-11,22H,2-3,23H2,1H3,(H,26,27). The number of nitrogens with one attached hydrogen (secondary N) is 1. The number of methoxy groups -OCH3 is 1. The van der Waals surface area contributed by atoms with Gasteiger partial charge in [-0.15, -0.1) is 0 Å². The monoisotopic (exact) mass is 377 g/mol. The van der Waals surface area contributed by atoms with Crippen molar-refractivity contribution < 1.29 is 14.6 Å². The molecule has 28 heavy (non-hydrogen) atoms. The van der Waals surface area contributed by atoms with Crippen molar-refractivity contribution in [3.63, 3.8) is 0 Å². The zero-order chi connectivity index (χ0) is 20.0. The lowest BCUT2D eigenvalue weighted by Gasteiger charge is -2.17. The Morgan fingerprint density at radius 1 is 1.32 bits per heavy atom. The highest BCUT2D eigenvalue weighted by Crippen LogP contribution is 2.45. The smallest absolute Gasteiger partial charge is 0.341 e. The highest BCUT2D eigenvalue weighted by molar-refractivity contribution is 5.92. The summed E-state index contributed by atoms with van der Waals surface area (Å²) in [6.07, 6.45) is 4.65. The molecule has 7 nitrogen and oxygen atoms in total. The highest BCUT2D eigenvalue weighted by atomic mass is 16.5. The topological polar surface area (TPSA) is 118 Å². The van der Waals surface area contributed by atoms with Crippen molar-refractivity contribution in [2.45, 2.75) is 18.8 Å². The highest BCUT2D eigenvalue weighted by Gasteiger charge is 2.30. The maximum Gasteiger partial charge on any atom is 0.341 e. The van der Waals surface area contributed by atoms with Crippen LogP contribution < -0.4 is 16.0 Å². The SMILES string of the molecule is COc1c(-c2ccc(N)c(C=N)c2)ccn2c(=O)c(C(=O)O)cc(C3CC3)c12. The first-order valence-corrected chi connectivity index (χ1v) is 8.86. The number of hydrogen-bond acceptors (Lipinski definition) is 5. The van der Waals surface area contributed by atoms with Crippen LogP contribution in [0.2, 0.25) is 0 Å². The summed E-state index contributed by atoms with van der Waals surface area (Å²) in [5.41, 5.74) is 9.08.